The molecule has 128 valence electrons. The summed E-state index contributed by atoms with van der Waals surface area (Å²) in [4.78, 5) is 0. The van der Waals surface area contributed by atoms with E-state index >= 15 is 0 Å². The van der Waals surface area contributed by atoms with Crippen LogP contribution in [-0.4, -0.2) is 22.9 Å². The second-order valence-electron chi connectivity index (χ2n) is 6.66. The summed E-state index contributed by atoms with van der Waals surface area (Å²) in [6.45, 7) is 8.98. The van der Waals surface area contributed by atoms with Crippen LogP contribution in [-0.2, 0) is 19.9 Å². The summed E-state index contributed by atoms with van der Waals surface area (Å²) in [5.74, 6) is 0. The van der Waals surface area contributed by atoms with Gasteiger partial charge in [0.15, 0.2) is 0 Å². The summed E-state index contributed by atoms with van der Waals surface area (Å²) in [6, 6.07) is 4.72. The molecule has 0 aliphatic carbocycles. The molecule has 1 aromatic heterocycles. The van der Waals surface area contributed by atoms with Gasteiger partial charge < -0.3 is 5.32 Å². The van der Waals surface area contributed by atoms with Crippen molar-refractivity contribution in [1.29, 1.82) is 0 Å². The lowest BCUT2D eigenvalue weighted by atomic mass is 9.96. The van der Waals surface area contributed by atoms with Crippen molar-refractivity contribution in [3.05, 3.63) is 29.0 Å². The second kappa shape index (κ2) is 9.07. The predicted molar refractivity (Wildman–Crippen MR) is 100 cm³/mol. The molecule has 0 spiro atoms. The summed E-state index contributed by atoms with van der Waals surface area (Å²) in [6.07, 6.45) is 8.63. The quantitative estimate of drug-likeness (QED) is 0.652. The average Bonchev–Trinajstić information content (AvgIpc) is 2.81. The summed E-state index contributed by atoms with van der Waals surface area (Å²) >= 11 is 0. The molecule has 0 saturated heterocycles. The van der Waals surface area contributed by atoms with Crippen LogP contribution >= 0.6 is 0 Å². The maximum Gasteiger partial charge on any atom is 0.0928 e. The molecule has 0 fully saturated rings. The minimum absolute atomic E-state index is 1.15. The third kappa shape index (κ3) is 4.81. The molecule has 1 N–H and O–H groups in total. The largest absolute Gasteiger partial charge is 0.317 e. The maximum atomic E-state index is 4.66. The minimum Gasteiger partial charge on any atom is -0.317 e. The molecular formula is C20H33N3. The van der Waals surface area contributed by atoms with E-state index in [4.69, 9.17) is 0 Å². The number of hydrogen-bond donors (Lipinski definition) is 1. The fourth-order valence-corrected chi connectivity index (χ4v) is 3.19. The van der Waals surface area contributed by atoms with Crippen LogP contribution in [0.1, 0.15) is 62.8 Å². The van der Waals surface area contributed by atoms with Crippen molar-refractivity contribution >= 4 is 10.9 Å². The number of nitrogens with zero attached hydrogens (tertiary/aromatic N) is 2. The van der Waals surface area contributed by atoms with E-state index in [9.17, 15) is 0 Å². The van der Waals surface area contributed by atoms with Crippen LogP contribution < -0.4 is 5.32 Å². The van der Waals surface area contributed by atoms with Crippen LogP contribution in [0.15, 0.2) is 12.1 Å². The van der Waals surface area contributed by atoms with Crippen LogP contribution in [0.4, 0.5) is 0 Å². The Morgan fingerprint density at radius 2 is 1.70 bits per heavy atom. The van der Waals surface area contributed by atoms with Gasteiger partial charge in [-0.2, -0.15) is 5.10 Å². The molecule has 0 bridgehead atoms. The van der Waals surface area contributed by atoms with Gasteiger partial charge >= 0.3 is 0 Å². The molecule has 2 rings (SSSR count). The van der Waals surface area contributed by atoms with Gasteiger partial charge in [-0.15, -0.1) is 0 Å². The van der Waals surface area contributed by atoms with Crippen LogP contribution in [0.5, 0.6) is 0 Å². The Morgan fingerprint density at radius 1 is 0.957 bits per heavy atom. The second-order valence-corrected chi connectivity index (χ2v) is 6.66. The lowest BCUT2D eigenvalue weighted by Crippen LogP contribution is -2.16. The Morgan fingerprint density at radius 3 is 2.43 bits per heavy atom. The molecule has 2 aromatic rings. The molecule has 0 aliphatic rings. The standard InChI is InChI=1S/C20H33N3/c1-5-7-12-21-13-9-8-11-18-15-20-19(14-17(18)10-6-2)16(3)23(4)22-20/h14-15,21H,5-13H2,1-4H3. The van der Waals surface area contributed by atoms with Gasteiger partial charge in [-0.1, -0.05) is 26.7 Å². The average molecular weight is 316 g/mol. The van der Waals surface area contributed by atoms with E-state index in [2.05, 4.69) is 43.3 Å². The summed E-state index contributed by atoms with van der Waals surface area (Å²) in [7, 11) is 2.04. The normalized spacial score (nSPS) is 11.5. The third-order valence-electron chi connectivity index (χ3n) is 4.73. The number of nitrogens with one attached hydrogen (secondary N) is 1. The highest BCUT2D eigenvalue weighted by atomic mass is 15.3. The van der Waals surface area contributed by atoms with Crippen molar-refractivity contribution in [2.45, 2.75) is 65.7 Å². The highest BCUT2D eigenvalue weighted by Gasteiger charge is 2.10. The van der Waals surface area contributed by atoms with Crippen LogP contribution in [0.2, 0.25) is 0 Å². The molecular weight excluding hydrogens is 282 g/mol. The highest BCUT2D eigenvalue weighted by Crippen LogP contribution is 2.24. The summed E-state index contributed by atoms with van der Waals surface area (Å²) in [5, 5.41) is 9.51. The van der Waals surface area contributed by atoms with E-state index in [-0.39, 0.29) is 0 Å². The smallest absolute Gasteiger partial charge is 0.0928 e. The van der Waals surface area contributed by atoms with Crippen LogP contribution in [0, 0.1) is 6.92 Å². The van der Waals surface area contributed by atoms with E-state index < -0.39 is 0 Å². The lowest BCUT2D eigenvalue weighted by molar-refractivity contribution is 0.598. The molecule has 1 heterocycles. The van der Waals surface area contributed by atoms with Crippen molar-refractivity contribution in [3.8, 4) is 0 Å². The van der Waals surface area contributed by atoms with E-state index in [1.807, 2.05) is 11.7 Å². The van der Waals surface area contributed by atoms with Gasteiger partial charge in [-0.25, -0.2) is 0 Å². The molecule has 3 heteroatoms. The van der Waals surface area contributed by atoms with E-state index in [1.165, 1.54) is 67.2 Å². The van der Waals surface area contributed by atoms with Gasteiger partial charge in [0.05, 0.1) is 5.52 Å². The van der Waals surface area contributed by atoms with E-state index in [0.29, 0.717) is 0 Å². The van der Waals surface area contributed by atoms with E-state index in [1.54, 1.807) is 0 Å². The minimum atomic E-state index is 1.15. The summed E-state index contributed by atoms with van der Waals surface area (Å²) < 4.78 is 2.00. The van der Waals surface area contributed by atoms with Gasteiger partial charge in [0.1, 0.15) is 0 Å². The zero-order chi connectivity index (χ0) is 16.7. The molecule has 0 atom stereocenters. The predicted octanol–water partition coefficient (Wildman–Crippen LogP) is 4.55. The molecule has 0 unspecified atom stereocenters. The van der Waals surface area contributed by atoms with Crippen molar-refractivity contribution in [3.63, 3.8) is 0 Å². The lowest BCUT2D eigenvalue weighted by Gasteiger charge is -2.10. The van der Waals surface area contributed by atoms with Crippen LogP contribution in [0.25, 0.3) is 10.9 Å². The molecule has 23 heavy (non-hydrogen) atoms. The molecule has 0 saturated carbocycles. The first-order chi connectivity index (χ1) is 11.2. The Bertz CT molecular complexity index is 613. The first-order valence-corrected chi connectivity index (χ1v) is 9.33. The topological polar surface area (TPSA) is 29.9 Å². The maximum absolute atomic E-state index is 4.66. The fraction of sp³-hybridized carbons (Fsp3) is 0.650. The summed E-state index contributed by atoms with van der Waals surface area (Å²) in [5.41, 5.74) is 5.45. The van der Waals surface area contributed by atoms with Gasteiger partial charge in [-0.3, -0.25) is 4.68 Å². The van der Waals surface area contributed by atoms with Gasteiger partial charge in [0.2, 0.25) is 0 Å². The number of rotatable bonds is 10. The molecule has 1 aromatic carbocycles. The zero-order valence-corrected chi connectivity index (χ0v) is 15.4. The van der Waals surface area contributed by atoms with Gasteiger partial charge in [0, 0.05) is 18.1 Å². The number of unbranched alkanes of at least 4 members (excludes halogenated alkanes) is 2. The Hall–Kier alpha value is -1.35. The van der Waals surface area contributed by atoms with Gasteiger partial charge in [0.25, 0.3) is 0 Å². The Balaban J connectivity index is 1.99. The number of benzene rings is 1. The molecule has 0 aliphatic heterocycles. The van der Waals surface area contributed by atoms with E-state index in [0.717, 1.165) is 18.6 Å². The Kier molecular flexibility index (Phi) is 7.10. The van der Waals surface area contributed by atoms with Crippen molar-refractivity contribution < 1.29 is 0 Å². The zero-order valence-electron chi connectivity index (χ0n) is 15.4. The number of fused-ring (bicyclic) bond motifs is 1. The first-order valence-electron chi connectivity index (χ1n) is 9.33. The third-order valence-corrected chi connectivity index (χ3v) is 4.73. The highest BCUT2D eigenvalue weighted by molar-refractivity contribution is 5.83. The molecule has 3 nitrogen and oxygen atoms in total. The monoisotopic (exact) mass is 315 g/mol. The van der Waals surface area contributed by atoms with Crippen molar-refractivity contribution in [2.24, 2.45) is 7.05 Å². The van der Waals surface area contributed by atoms with Crippen molar-refractivity contribution in [2.75, 3.05) is 13.1 Å². The SMILES string of the molecule is CCCCNCCCCc1cc2nn(C)c(C)c2cc1CCC. The molecule has 0 radical (unpaired) electrons. The van der Waals surface area contributed by atoms with Crippen LogP contribution in [0.3, 0.4) is 0 Å². The van der Waals surface area contributed by atoms with Crippen molar-refractivity contribution in [1.82, 2.24) is 15.1 Å². The Labute approximate surface area is 141 Å². The molecule has 0 amide bonds. The number of aryl methyl sites for hydroxylation is 4. The van der Waals surface area contributed by atoms with Gasteiger partial charge in [-0.05, 0) is 75.4 Å². The number of aromatic nitrogens is 2. The first kappa shape index (κ1) is 18.0. The fourth-order valence-electron chi connectivity index (χ4n) is 3.19. The number of hydrogen-bond acceptors (Lipinski definition) is 2.